The molecule has 0 spiro atoms. The topological polar surface area (TPSA) is 43.1 Å². The molecule has 0 amide bonds. The van der Waals surface area contributed by atoms with E-state index in [4.69, 9.17) is 0 Å². The number of hydrogen-bond donors (Lipinski definition) is 0. The lowest BCUT2D eigenvalue weighted by Gasteiger charge is -2.00. The maximum atomic E-state index is 10.8. The van der Waals surface area contributed by atoms with Crippen LogP contribution in [0.5, 0.6) is 0 Å². The third-order valence-electron chi connectivity index (χ3n) is 2.06. The summed E-state index contributed by atoms with van der Waals surface area (Å²) in [5.74, 6) is 0. The summed E-state index contributed by atoms with van der Waals surface area (Å²) in [4.78, 5) is 13.4. The molecular weight excluding hydrogens is 274 g/mol. The summed E-state index contributed by atoms with van der Waals surface area (Å²) in [6.07, 6.45) is 2.02. The van der Waals surface area contributed by atoms with Crippen molar-refractivity contribution >= 4 is 39.9 Å². The normalized spacial score (nSPS) is 10.4. The molecule has 0 radical (unpaired) electrons. The Kier molecular flexibility index (Phi) is 4.09. The number of rotatable bonds is 4. The highest BCUT2D eigenvalue weighted by molar-refractivity contribution is 7.99. The Morgan fingerprint density at radius 3 is 2.41 bits per heavy atom. The van der Waals surface area contributed by atoms with Crippen LogP contribution in [0.3, 0.4) is 0 Å². The van der Waals surface area contributed by atoms with Gasteiger partial charge in [-0.25, -0.2) is 0 Å². The Labute approximate surface area is 111 Å². The number of thiophene rings is 1. The van der Waals surface area contributed by atoms with Gasteiger partial charge in [-0.2, -0.15) is 0 Å². The predicted octanol–water partition coefficient (Wildman–Crippen LogP) is 4.53. The molecule has 0 aliphatic carbocycles. The molecule has 1 heterocycles. The van der Waals surface area contributed by atoms with Crippen LogP contribution in [-0.4, -0.2) is 11.2 Å². The summed E-state index contributed by atoms with van der Waals surface area (Å²) in [5.41, 5.74) is 0. The summed E-state index contributed by atoms with van der Waals surface area (Å²) in [6, 6.07) is 9.79. The lowest BCUT2D eigenvalue weighted by Crippen LogP contribution is -1.84. The van der Waals surface area contributed by atoms with E-state index in [1.54, 1.807) is 23.2 Å². The second kappa shape index (κ2) is 5.57. The van der Waals surface area contributed by atoms with Gasteiger partial charge in [0.05, 0.1) is 4.92 Å². The lowest BCUT2D eigenvalue weighted by molar-refractivity contribution is -0.382. The number of thioether (sulfide) groups is 1. The molecule has 0 unspecified atom stereocenters. The standard InChI is InChI=1S/C11H9NO2S3/c1-15-8-2-4-9(5-3-8)17-10-6-7-16-11(10)12(13)14/h2-7H,1H3. The van der Waals surface area contributed by atoms with Crippen LogP contribution in [0.1, 0.15) is 0 Å². The van der Waals surface area contributed by atoms with Gasteiger partial charge >= 0.3 is 5.00 Å². The van der Waals surface area contributed by atoms with Crippen molar-refractivity contribution in [3.63, 3.8) is 0 Å². The van der Waals surface area contributed by atoms with Gasteiger partial charge in [0, 0.05) is 9.79 Å². The molecule has 0 fully saturated rings. The second-order valence-corrected chi connectivity index (χ2v) is 6.01. The molecule has 1 aromatic heterocycles. The van der Waals surface area contributed by atoms with Crippen molar-refractivity contribution in [1.82, 2.24) is 0 Å². The van der Waals surface area contributed by atoms with E-state index in [2.05, 4.69) is 0 Å². The van der Waals surface area contributed by atoms with Crippen LogP contribution in [0.25, 0.3) is 0 Å². The lowest BCUT2D eigenvalue weighted by atomic mass is 10.4. The van der Waals surface area contributed by atoms with Gasteiger partial charge in [0.25, 0.3) is 0 Å². The first-order chi connectivity index (χ1) is 8.20. The Balaban J connectivity index is 2.19. The van der Waals surface area contributed by atoms with Crippen LogP contribution in [-0.2, 0) is 0 Å². The first kappa shape index (κ1) is 12.5. The van der Waals surface area contributed by atoms with Crippen LogP contribution in [0.4, 0.5) is 5.00 Å². The maximum Gasteiger partial charge on any atom is 0.337 e. The Bertz CT molecular complexity index is 522. The fraction of sp³-hybridized carbons (Fsp3) is 0.0909. The number of benzene rings is 1. The van der Waals surface area contributed by atoms with Crippen molar-refractivity contribution in [1.29, 1.82) is 0 Å². The van der Waals surface area contributed by atoms with Crippen LogP contribution >= 0.6 is 34.9 Å². The quantitative estimate of drug-likeness (QED) is 0.470. The number of nitrogens with zero attached hydrogens (tertiary/aromatic N) is 1. The van der Waals surface area contributed by atoms with Crippen molar-refractivity contribution in [2.45, 2.75) is 14.7 Å². The molecule has 17 heavy (non-hydrogen) atoms. The van der Waals surface area contributed by atoms with E-state index >= 15 is 0 Å². The molecule has 6 heteroatoms. The molecule has 0 aliphatic rings. The van der Waals surface area contributed by atoms with Gasteiger partial charge in [-0.3, -0.25) is 10.1 Å². The zero-order chi connectivity index (χ0) is 12.3. The third-order valence-corrected chi connectivity index (χ3v) is 4.86. The van der Waals surface area contributed by atoms with E-state index in [1.165, 1.54) is 16.7 Å². The largest absolute Gasteiger partial charge is 0.337 e. The van der Waals surface area contributed by atoms with Crippen molar-refractivity contribution in [3.8, 4) is 0 Å². The van der Waals surface area contributed by atoms with Crippen LogP contribution in [0.15, 0.2) is 50.4 Å². The minimum Gasteiger partial charge on any atom is -0.258 e. The molecule has 0 aliphatic heterocycles. The summed E-state index contributed by atoms with van der Waals surface area (Å²) >= 11 is 4.27. The van der Waals surface area contributed by atoms with Gasteiger partial charge in [0.1, 0.15) is 4.90 Å². The summed E-state index contributed by atoms with van der Waals surface area (Å²) < 4.78 is 0. The molecule has 0 saturated carbocycles. The van der Waals surface area contributed by atoms with E-state index in [0.717, 1.165) is 16.2 Å². The zero-order valence-electron chi connectivity index (χ0n) is 8.95. The van der Waals surface area contributed by atoms with Crippen LogP contribution < -0.4 is 0 Å². The molecule has 1 aromatic carbocycles. The smallest absolute Gasteiger partial charge is 0.258 e. The average molecular weight is 283 g/mol. The third kappa shape index (κ3) is 3.02. The summed E-state index contributed by atoms with van der Waals surface area (Å²) in [5, 5.41) is 12.7. The molecule has 0 bridgehead atoms. The summed E-state index contributed by atoms with van der Waals surface area (Å²) in [6.45, 7) is 0. The van der Waals surface area contributed by atoms with Crippen LogP contribution in [0.2, 0.25) is 0 Å². The van der Waals surface area contributed by atoms with Gasteiger partial charge in [-0.1, -0.05) is 23.1 Å². The Morgan fingerprint density at radius 2 is 1.82 bits per heavy atom. The van der Waals surface area contributed by atoms with Crippen molar-refractivity contribution in [2.24, 2.45) is 0 Å². The van der Waals surface area contributed by atoms with Gasteiger partial charge in [0.15, 0.2) is 0 Å². The fourth-order valence-corrected chi connectivity index (χ4v) is 3.46. The zero-order valence-corrected chi connectivity index (χ0v) is 11.4. The molecule has 0 N–H and O–H groups in total. The first-order valence-electron chi connectivity index (χ1n) is 4.74. The van der Waals surface area contributed by atoms with E-state index < -0.39 is 0 Å². The minimum absolute atomic E-state index is 0.212. The Hall–Kier alpha value is -0.980. The van der Waals surface area contributed by atoms with Crippen LogP contribution in [0, 0.1) is 10.1 Å². The van der Waals surface area contributed by atoms with E-state index in [1.807, 2.05) is 30.5 Å². The highest BCUT2D eigenvalue weighted by Crippen LogP contribution is 2.38. The second-order valence-electron chi connectivity index (χ2n) is 3.12. The highest BCUT2D eigenvalue weighted by atomic mass is 32.2. The summed E-state index contributed by atoms with van der Waals surface area (Å²) in [7, 11) is 0. The molecule has 0 saturated heterocycles. The first-order valence-corrected chi connectivity index (χ1v) is 7.66. The average Bonchev–Trinajstić information content (AvgIpc) is 2.78. The van der Waals surface area contributed by atoms with Crippen molar-refractivity contribution in [2.75, 3.05) is 6.26 Å². The van der Waals surface area contributed by atoms with Gasteiger partial charge in [-0.15, -0.1) is 11.8 Å². The Morgan fingerprint density at radius 1 is 1.18 bits per heavy atom. The van der Waals surface area contributed by atoms with Gasteiger partial charge in [0.2, 0.25) is 0 Å². The van der Waals surface area contributed by atoms with Gasteiger partial charge in [-0.05, 0) is 42.0 Å². The molecule has 0 atom stereocenters. The monoisotopic (exact) mass is 283 g/mol. The van der Waals surface area contributed by atoms with Crippen molar-refractivity contribution in [3.05, 3.63) is 45.8 Å². The molecule has 2 rings (SSSR count). The number of hydrogen-bond acceptors (Lipinski definition) is 5. The van der Waals surface area contributed by atoms with E-state index in [-0.39, 0.29) is 9.92 Å². The predicted molar refractivity (Wildman–Crippen MR) is 73.3 cm³/mol. The highest BCUT2D eigenvalue weighted by Gasteiger charge is 2.16. The van der Waals surface area contributed by atoms with E-state index in [9.17, 15) is 10.1 Å². The molecule has 3 nitrogen and oxygen atoms in total. The molecular formula is C11H9NO2S3. The molecule has 88 valence electrons. The SMILES string of the molecule is CSc1ccc(Sc2ccsc2[N+](=O)[O-])cc1. The minimum atomic E-state index is -0.330. The van der Waals surface area contributed by atoms with E-state index in [0.29, 0.717) is 4.90 Å². The van der Waals surface area contributed by atoms with Crippen molar-refractivity contribution < 1.29 is 4.92 Å². The van der Waals surface area contributed by atoms with Gasteiger partial charge < -0.3 is 0 Å². The maximum absolute atomic E-state index is 10.8. The molecule has 2 aromatic rings. The fourth-order valence-electron chi connectivity index (χ4n) is 1.27. The number of nitro groups is 1.